The van der Waals surface area contributed by atoms with Crippen LogP contribution in [0, 0.1) is 0 Å². The molecule has 0 saturated carbocycles. The number of aromatic nitrogens is 8. The summed E-state index contributed by atoms with van der Waals surface area (Å²) in [6.45, 7) is 3.01. The van der Waals surface area contributed by atoms with Crippen molar-refractivity contribution in [2.75, 3.05) is 26.4 Å². The molecule has 2 aliphatic heterocycles. The second kappa shape index (κ2) is 19.0. The minimum atomic E-state index is -0.165. The van der Waals surface area contributed by atoms with Crippen molar-refractivity contribution in [3.05, 3.63) is 156 Å². The van der Waals surface area contributed by atoms with Crippen molar-refractivity contribution in [3.8, 4) is 23.3 Å². The minimum Gasteiger partial charge on any atom is -0.437 e. The SMILES string of the molecule is O=C(c1ccc(Oc2nccnc2[C@@H]2CCCOCC2)cc1)c1nc2ccccc2[nH]1.O=C(c1ccc(Oc2nccnc2[C@H]2CCCOCC2)cc1)c1nc2ccccc2[nH]1. The lowest BCUT2D eigenvalue weighted by molar-refractivity contribution is 0.102. The van der Waals surface area contributed by atoms with Crippen LogP contribution in [0.25, 0.3) is 22.1 Å². The van der Waals surface area contributed by atoms with E-state index in [1.807, 2.05) is 48.5 Å². The minimum absolute atomic E-state index is 0.165. The second-order valence-corrected chi connectivity index (χ2v) is 15.1. The summed E-state index contributed by atoms with van der Waals surface area (Å²) < 4.78 is 23.2. The smallest absolute Gasteiger partial charge is 0.241 e. The van der Waals surface area contributed by atoms with Crippen LogP contribution in [0.4, 0.5) is 0 Å². The Morgan fingerprint density at radius 1 is 0.500 bits per heavy atom. The number of carbonyl (C=O) groups is 2. The van der Waals surface area contributed by atoms with Crippen LogP contribution in [-0.2, 0) is 9.47 Å². The molecule has 4 aromatic carbocycles. The molecule has 0 radical (unpaired) electrons. The number of rotatable bonds is 10. The highest BCUT2D eigenvalue weighted by Gasteiger charge is 2.23. The van der Waals surface area contributed by atoms with Gasteiger partial charge in [0.2, 0.25) is 23.3 Å². The molecule has 10 rings (SSSR count). The van der Waals surface area contributed by atoms with Gasteiger partial charge in [-0.3, -0.25) is 19.6 Å². The maximum Gasteiger partial charge on any atom is 0.241 e. The molecule has 4 aromatic heterocycles. The van der Waals surface area contributed by atoms with Gasteiger partial charge < -0.3 is 28.9 Å². The zero-order valence-corrected chi connectivity index (χ0v) is 33.9. The van der Waals surface area contributed by atoms with Crippen molar-refractivity contribution in [2.45, 2.75) is 50.4 Å². The molecule has 6 heterocycles. The van der Waals surface area contributed by atoms with Gasteiger partial charge in [0.25, 0.3) is 0 Å². The van der Waals surface area contributed by atoms with Gasteiger partial charge in [0, 0.05) is 74.2 Å². The largest absolute Gasteiger partial charge is 0.437 e. The molecule has 2 aliphatic rings. The molecule has 312 valence electrons. The third-order valence-electron chi connectivity index (χ3n) is 10.9. The molecule has 2 fully saturated rings. The lowest BCUT2D eigenvalue weighted by Gasteiger charge is -2.16. The molecule has 0 spiro atoms. The monoisotopic (exact) mass is 828 g/mol. The van der Waals surface area contributed by atoms with Crippen LogP contribution in [0.1, 0.15) is 94.1 Å². The Balaban J connectivity index is 0.000000158. The Morgan fingerprint density at radius 3 is 1.35 bits per heavy atom. The van der Waals surface area contributed by atoms with Crippen LogP contribution in [-0.4, -0.2) is 77.9 Å². The molecule has 2 N–H and O–H groups in total. The lowest BCUT2D eigenvalue weighted by Crippen LogP contribution is -2.06. The fraction of sp³-hybridized carbons (Fsp3) is 0.250. The van der Waals surface area contributed by atoms with Gasteiger partial charge in [-0.15, -0.1) is 0 Å². The number of carbonyl (C=O) groups excluding carboxylic acids is 2. The number of nitrogens with zero attached hydrogens (tertiary/aromatic N) is 6. The zero-order valence-electron chi connectivity index (χ0n) is 33.9. The van der Waals surface area contributed by atoms with Crippen molar-refractivity contribution in [1.29, 1.82) is 0 Å². The highest BCUT2D eigenvalue weighted by atomic mass is 16.5. The summed E-state index contributed by atoms with van der Waals surface area (Å²) in [6, 6.07) is 29.2. The topological polar surface area (TPSA) is 180 Å². The van der Waals surface area contributed by atoms with E-state index in [0.717, 1.165) is 98.4 Å². The van der Waals surface area contributed by atoms with Crippen LogP contribution < -0.4 is 9.47 Å². The molecule has 14 nitrogen and oxygen atoms in total. The molecule has 2 atom stereocenters. The Labute approximate surface area is 357 Å². The van der Waals surface area contributed by atoms with Crippen molar-refractivity contribution >= 4 is 33.6 Å². The van der Waals surface area contributed by atoms with E-state index in [1.165, 1.54) is 0 Å². The summed E-state index contributed by atoms with van der Waals surface area (Å²) in [5.41, 5.74) is 5.99. The number of ether oxygens (including phenoxy) is 4. The molecular formula is C48H44N8O6. The van der Waals surface area contributed by atoms with E-state index >= 15 is 0 Å². The molecule has 0 amide bonds. The summed E-state index contributed by atoms with van der Waals surface area (Å²) in [5, 5.41) is 0. The number of para-hydroxylation sites is 4. The van der Waals surface area contributed by atoms with E-state index in [2.05, 4.69) is 39.9 Å². The average Bonchev–Trinajstić information content (AvgIpc) is 3.72. The molecule has 14 heteroatoms. The summed E-state index contributed by atoms with van der Waals surface area (Å²) in [5.74, 6) is 3.06. The highest BCUT2D eigenvalue weighted by molar-refractivity contribution is 6.08. The van der Waals surface area contributed by atoms with Crippen molar-refractivity contribution in [1.82, 2.24) is 39.9 Å². The van der Waals surface area contributed by atoms with Gasteiger partial charge >= 0.3 is 0 Å². The number of H-pyrrole nitrogens is 2. The van der Waals surface area contributed by atoms with Crippen LogP contribution in [0.15, 0.2) is 122 Å². The number of hydrogen-bond acceptors (Lipinski definition) is 12. The maximum atomic E-state index is 12.8. The van der Waals surface area contributed by atoms with E-state index in [4.69, 9.17) is 18.9 Å². The number of fused-ring (bicyclic) bond motifs is 2. The maximum absolute atomic E-state index is 12.8. The van der Waals surface area contributed by atoms with Crippen LogP contribution >= 0.6 is 0 Å². The van der Waals surface area contributed by atoms with E-state index in [-0.39, 0.29) is 23.4 Å². The third kappa shape index (κ3) is 9.41. The zero-order chi connectivity index (χ0) is 42.1. The fourth-order valence-electron chi connectivity index (χ4n) is 7.71. The van der Waals surface area contributed by atoms with Gasteiger partial charge in [-0.2, -0.15) is 0 Å². The van der Waals surface area contributed by atoms with Gasteiger partial charge in [-0.1, -0.05) is 24.3 Å². The average molecular weight is 829 g/mol. The number of benzene rings is 4. The summed E-state index contributed by atoms with van der Waals surface area (Å²) in [7, 11) is 0. The van der Waals surface area contributed by atoms with E-state index in [1.54, 1.807) is 73.3 Å². The molecule has 0 bridgehead atoms. The van der Waals surface area contributed by atoms with Crippen LogP contribution in [0.2, 0.25) is 0 Å². The summed E-state index contributed by atoms with van der Waals surface area (Å²) in [4.78, 5) is 58.4. The number of imidazole rings is 2. The predicted octanol–water partition coefficient (Wildman–Crippen LogP) is 9.32. The first-order valence-corrected chi connectivity index (χ1v) is 20.9. The van der Waals surface area contributed by atoms with Gasteiger partial charge in [-0.05, 0) is 111 Å². The van der Waals surface area contributed by atoms with Crippen molar-refractivity contribution in [2.24, 2.45) is 0 Å². The Morgan fingerprint density at radius 2 is 0.919 bits per heavy atom. The van der Waals surface area contributed by atoms with E-state index in [9.17, 15) is 9.59 Å². The summed E-state index contributed by atoms with van der Waals surface area (Å²) in [6.07, 6.45) is 12.5. The van der Waals surface area contributed by atoms with Crippen molar-refractivity contribution in [3.63, 3.8) is 0 Å². The molecule has 0 unspecified atom stereocenters. The number of ketones is 2. The number of aromatic amines is 2. The summed E-state index contributed by atoms with van der Waals surface area (Å²) >= 11 is 0. The number of hydrogen-bond donors (Lipinski definition) is 2. The molecule has 2 saturated heterocycles. The normalized spacial score (nSPS) is 16.7. The van der Waals surface area contributed by atoms with E-state index < -0.39 is 0 Å². The fourth-order valence-corrected chi connectivity index (χ4v) is 7.71. The lowest BCUT2D eigenvalue weighted by atomic mass is 9.97. The quantitative estimate of drug-likeness (QED) is 0.125. The Hall–Kier alpha value is -7.16. The third-order valence-corrected chi connectivity index (χ3v) is 10.9. The first-order valence-electron chi connectivity index (χ1n) is 20.9. The van der Waals surface area contributed by atoms with Crippen molar-refractivity contribution < 1.29 is 28.5 Å². The van der Waals surface area contributed by atoms with Gasteiger partial charge in [0.05, 0.1) is 22.1 Å². The van der Waals surface area contributed by atoms with Crippen LogP contribution in [0.5, 0.6) is 23.3 Å². The standard InChI is InChI=1S/2C24H22N4O3/c2*29-22(23-27-19-5-1-2-6-20(19)28-23)17-7-9-18(10-8-17)31-24-21(25-12-13-26-24)16-4-3-14-30-15-11-16/h2*1-2,5-10,12-13,16H,3-4,11,14-15H2,(H,27,28)/t2*16-/m10/s1. The first kappa shape index (κ1) is 40.3. The molecule has 62 heavy (non-hydrogen) atoms. The van der Waals surface area contributed by atoms with Crippen LogP contribution in [0.3, 0.4) is 0 Å². The highest BCUT2D eigenvalue weighted by Crippen LogP contribution is 2.35. The Kier molecular flexibility index (Phi) is 12.4. The number of nitrogens with one attached hydrogen (secondary N) is 2. The van der Waals surface area contributed by atoms with Gasteiger partial charge in [-0.25, -0.2) is 19.9 Å². The van der Waals surface area contributed by atoms with Gasteiger partial charge in [0.1, 0.15) is 22.9 Å². The predicted molar refractivity (Wildman–Crippen MR) is 231 cm³/mol. The van der Waals surface area contributed by atoms with E-state index in [0.29, 0.717) is 46.0 Å². The molecule has 8 aromatic rings. The van der Waals surface area contributed by atoms with Gasteiger partial charge in [0.15, 0.2) is 11.6 Å². The Bertz CT molecular complexity index is 2510. The molecular weight excluding hydrogens is 785 g/mol. The molecule has 0 aliphatic carbocycles. The first-order chi connectivity index (χ1) is 30.6. The second-order valence-electron chi connectivity index (χ2n) is 15.1.